The predicted octanol–water partition coefficient (Wildman–Crippen LogP) is 3.78. The number of carbonyl (C=O) groups is 1. The molecule has 0 saturated heterocycles. The molecule has 0 radical (unpaired) electrons. The van der Waals surface area contributed by atoms with Crippen molar-refractivity contribution in [2.75, 3.05) is 34.0 Å². The molecule has 0 bridgehead atoms. The first-order chi connectivity index (χ1) is 19.4. The lowest BCUT2D eigenvalue weighted by Gasteiger charge is -2.25. The third kappa shape index (κ3) is 5.67. The van der Waals surface area contributed by atoms with Crippen molar-refractivity contribution < 1.29 is 28.5 Å². The highest BCUT2D eigenvalue weighted by Crippen LogP contribution is 2.36. The molecule has 0 amide bonds. The summed E-state index contributed by atoms with van der Waals surface area (Å²) in [6.07, 6.45) is 3.42. The second-order valence-electron chi connectivity index (χ2n) is 8.66. The summed E-state index contributed by atoms with van der Waals surface area (Å²) in [6, 6.07) is 10.0. The van der Waals surface area contributed by atoms with Gasteiger partial charge in [0, 0.05) is 0 Å². The number of esters is 1. The molecule has 1 atom stereocenters. The van der Waals surface area contributed by atoms with Crippen molar-refractivity contribution in [1.82, 2.24) is 4.57 Å². The lowest BCUT2D eigenvalue weighted by Crippen LogP contribution is -2.40. The molecule has 40 heavy (non-hydrogen) atoms. The van der Waals surface area contributed by atoms with E-state index in [0.717, 1.165) is 5.56 Å². The van der Waals surface area contributed by atoms with Gasteiger partial charge in [0.2, 0.25) is 0 Å². The quantitative estimate of drug-likeness (QED) is 0.258. The van der Waals surface area contributed by atoms with Crippen LogP contribution in [0.5, 0.6) is 23.0 Å². The Kier molecular flexibility index (Phi) is 9.11. The molecule has 1 aromatic heterocycles. The number of methoxy groups -OCH3 is 2. The lowest BCUT2D eigenvalue weighted by atomic mass is 9.95. The maximum atomic E-state index is 13.9. The summed E-state index contributed by atoms with van der Waals surface area (Å²) in [5.41, 5.74) is 1.89. The molecule has 0 saturated carbocycles. The van der Waals surface area contributed by atoms with Crippen LogP contribution in [0.25, 0.3) is 6.08 Å². The van der Waals surface area contributed by atoms with Gasteiger partial charge in [0.05, 0.1) is 49.3 Å². The Morgan fingerprint density at radius 3 is 2.45 bits per heavy atom. The molecule has 0 aliphatic carbocycles. The number of nitrogens with zero attached hydrogens (tertiary/aromatic N) is 2. The highest BCUT2D eigenvalue weighted by molar-refractivity contribution is 7.07. The van der Waals surface area contributed by atoms with E-state index in [-0.39, 0.29) is 12.2 Å². The number of ether oxygens (including phenoxy) is 5. The van der Waals surface area contributed by atoms with Crippen LogP contribution in [0, 0.1) is 0 Å². The molecule has 2 heterocycles. The van der Waals surface area contributed by atoms with Crippen LogP contribution in [0.2, 0.25) is 0 Å². The van der Waals surface area contributed by atoms with Crippen LogP contribution < -0.4 is 33.8 Å². The van der Waals surface area contributed by atoms with Crippen LogP contribution in [-0.4, -0.2) is 44.6 Å². The molecule has 1 aliphatic rings. The van der Waals surface area contributed by atoms with Gasteiger partial charge in [-0.2, -0.15) is 0 Å². The van der Waals surface area contributed by atoms with Crippen molar-refractivity contribution in [3.8, 4) is 23.0 Å². The fraction of sp³-hybridized carbons (Fsp3) is 0.300. The highest BCUT2D eigenvalue weighted by atomic mass is 32.1. The zero-order valence-electron chi connectivity index (χ0n) is 23.2. The molecule has 0 fully saturated rings. The van der Waals surface area contributed by atoms with Crippen LogP contribution in [-0.2, 0) is 9.53 Å². The number of hydrogen-bond acceptors (Lipinski definition) is 9. The minimum Gasteiger partial charge on any atom is -0.493 e. The molecule has 0 N–H and O–H groups in total. The number of carbonyl (C=O) groups excluding carboxylic acids is 1. The van der Waals surface area contributed by atoms with Gasteiger partial charge in [-0.3, -0.25) is 9.36 Å². The fourth-order valence-corrected chi connectivity index (χ4v) is 5.48. The molecule has 9 nitrogen and oxygen atoms in total. The number of allylic oxidation sites excluding steroid dienone is 1. The van der Waals surface area contributed by atoms with Crippen LogP contribution in [0.4, 0.5) is 0 Å². The van der Waals surface area contributed by atoms with Crippen molar-refractivity contribution >= 4 is 23.4 Å². The maximum Gasteiger partial charge on any atom is 0.338 e. The predicted molar refractivity (Wildman–Crippen MR) is 153 cm³/mol. The van der Waals surface area contributed by atoms with Crippen molar-refractivity contribution in [2.45, 2.75) is 26.8 Å². The summed E-state index contributed by atoms with van der Waals surface area (Å²) in [5, 5.41) is 0. The second-order valence-corrected chi connectivity index (χ2v) is 9.66. The Hall–Kier alpha value is -4.31. The SMILES string of the molecule is C=CCOc1ccc(/C=c2\sc3n(c2=O)[C@@H](c2ccc(OC)c(OCC)c2)C(C(=O)OCC)=C(C)N=3)cc1OC. The maximum absolute atomic E-state index is 13.9. The average molecular weight is 565 g/mol. The molecule has 2 aromatic carbocycles. The number of fused-ring (bicyclic) bond motifs is 1. The Bertz CT molecular complexity index is 1630. The third-order valence-electron chi connectivity index (χ3n) is 6.16. The summed E-state index contributed by atoms with van der Waals surface area (Å²) in [4.78, 5) is 32.2. The highest BCUT2D eigenvalue weighted by Gasteiger charge is 2.34. The first-order valence-electron chi connectivity index (χ1n) is 12.8. The number of rotatable bonds is 11. The van der Waals surface area contributed by atoms with Crippen LogP contribution >= 0.6 is 11.3 Å². The van der Waals surface area contributed by atoms with E-state index in [0.29, 0.717) is 62.4 Å². The largest absolute Gasteiger partial charge is 0.493 e. The minimum absolute atomic E-state index is 0.188. The van der Waals surface area contributed by atoms with Gasteiger partial charge in [-0.05, 0) is 62.2 Å². The van der Waals surface area contributed by atoms with E-state index >= 15 is 0 Å². The van der Waals surface area contributed by atoms with Crippen LogP contribution in [0.1, 0.15) is 37.9 Å². The van der Waals surface area contributed by atoms with Gasteiger partial charge in [-0.1, -0.05) is 36.1 Å². The summed E-state index contributed by atoms with van der Waals surface area (Å²) < 4.78 is 29.7. The van der Waals surface area contributed by atoms with E-state index in [2.05, 4.69) is 11.6 Å². The summed E-state index contributed by atoms with van der Waals surface area (Å²) in [5.74, 6) is 1.62. The molecular weight excluding hydrogens is 532 g/mol. The minimum atomic E-state index is -0.772. The second kappa shape index (κ2) is 12.7. The van der Waals surface area contributed by atoms with Gasteiger partial charge in [0.1, 0.15) is 6.61 Å². The van der Waals surface area contributed by atoms with E-state index < -0.39 is 12.0 Å². The lowest BCUT2D eigenvalue weighted by molar-refractivity contribution is -0.139. The summed E-state index contributed by atoms with van der Waals surface area (Å²) >= 11 is 1.24. The van der Waals surface area contributed by atoms with Gasteiger partial charge < -0.3 is 23.7 Å². The van der Waals surface area contributed by atoms with E-state index in [1.54, 1.807) is 64.5 Å². The fourth-order valence-electron chi connectivity index (χ4n) is 4.43. The van der Waals surface area contributed by atoms with Crippen molar-refractivity contribution in [3.63, 3.8) is 0 Å². The van der Waals surface area contributed by atoms with Crippen molar-refractivity contribution in [1.29, 1.82) is 0 Å². The monoisotopic (exact) mass is 564 g/mol. The van der Waals surface area contributed by atoms with Gasteiger partial charge in [-0.25, -0.2) is 9.79 Å². The average Bonchev–Trinajstić information content (AvgIpc) is 3.25. The van der Waals surface area contributed by atoms with Gasteiger partial charge in [0.15, 0.2) is 27.8 Å². The normalized spacial score (nSPS) is 14.7. The number of aromatic nitrogens is 1. The zero-order valence-corrected chi connectivity index (χ0v) is 24.0. The molecule has 0 unspecified atom stereocenters. The molecule has 210 valence electrons. The Morgan fingerprint density at radius 1 is 1.02 bits per heavy atom. The van der Waals surface area contributed by atoms with Crippen molar-refractivity contribution in [3.05, 3.63) is 91.1 Å². The first kappa shape index (κ1) is 28.7. The van der Waals surface area contributed by atoms with Crippen LogP contribution in [0.3, 0.4) is 0 Å². The zero-order chi connectivity index (χ0) is 28.8. The Labute approximate surface area is 236 Å². The Balaban J connectivity index is 1.90. The number of benzene rings is 2. The topological polar surface area (TPSA) is 97.6 Å². The molecular formula is C30H32N2O7S. The van der Waals surface area contributed by atoms with Gasteiger partial charge in [-0.15, -0.1) is 0 Å². The Morgan fingerprint density at radius 2 is 1.77 bits per heavy atom. The summed E-state index contributed by atoms with van der Waals surface area (Å²) in [6.45, 7) is 9.97. The molecule has 1 aliphatic heterocycles. The first-order valence-corrected chi connectivity index (χ1v) is 13.6. The van der Waals surface area contributed by atoms with Gasteiger partial charge in [0.25, 0.3) is 5.56 Å². The molecule has 3 aromatic rings. The summed E-state index contributed by atoms with van der Waals surface area (Å²) in [7, 11) is 3.11. The number of hydrogen-bond donors (Lipinski definition) is 0. The third-order valence-corrected chi connectivity index (χ3v) is 7.15. The van der Waals surface area contributed by atoms with Gasteiger partial charge >= 0.3 is 5.97 Å². The number of thiazole rings is 1. The van der Waals surface area contributed by atoms with E-state index in [1.165, 1.54) is 15.9 Å². The molecule has 10 heteroatoms. The standard InChI is InChI=1S/C30H32N2O7S/c1-7-14-39-22-12-10-19(15-23(22)36-6)16-25-28(33)32-27(20-11-13-21(35-5)24(17-20)37-8-2)26(29(34)38-9-3)18(4)31-30(32)40-25/h7,10-13,15-17,27H,1,8-9,14H2,2-6H3/b25-16-/t27-/m0/s1. The van der Waals surface area contributed by atoms with E-state index in [4.69, 9.17) is 23.7 Å². The smallest absolute Gasteiger partial charge is 0.338 e. The van der Waals surface area contributed by atoms with Crippen molar-refractivity contribution in [2.24, 2.45) is 4.99 Å². The van der Waals surface area contributed by atoms with E-state index in [9.17, 15) is 9.59 Å². The molecule has 4 rings (SSSR count). The molecule has 0 spiro atoms. The van der Waals surface area contributed by atoms with Crippen LogP contribution in [0.15, 0.2) is 70.1 Å². The van der Waals surface area contributed by atoms with E-state index in [1.807, 2.05) is 19.1 Å².